The minimum absolute atomic E-state index is 0.0146. The van der Waals surface area contributed by atoms with Crippen molar-refractivity contribution >= 4 is 17.5 Å². The number of benzene rings is 1. The zero-order chi connectivity index (χ0) is 15.3. The highest BCUT2D eigenvalue weighted by Crippen LogP contribution is 2.46. The van der Waals surface area contributed by atoms with Gasteiger partial charge in [0.15, 0.2) is 5.78 Å². The minimum atomic E-state index is -0.556. The maximum atomic E-state index is 12.6. The van der Waals surface area contributed by atoms with E-state index in [4.69, 9.17) is 0 Å². The molecule has 1 unspecified atom stereocenters. The van der Waals surface area contributed by atoms with Crippen molar-refractivity contribution in [2.24, 2.45) is 0 Å². The zero-order valence-corrected chi connectivity index (χ0v) is 12.3. The van der Waals surface area contributed by atoms with E-state index in [-0.39, 0.29) is 11.7 Å². The average Bonchev–Trinajstić information content (AvgIpc) is 3.05. The van der Waals surface area contributed by atoms with Crippen LogP contribution >= 0.6 is 0 Å². The van der Waals surface area contributed by atoms with E-state index in [1.165, 1.54) is 0 Å². The molecule has 0 fully saturated rings. The third-order valence-corrected chi connectivity index (χ3v) is 4.82. The molecule has 1 aliphatic heterocycles. The van der Waals surface area contributed by atoms with Crippen LogP contribution in [0, 0.1) is 0 Å². The van der Waals surface area contributed by atoms with E-state index in [1.54, 1.807) is 6.20 Å². The van der Waals surface area contributed by atoms with Crippen LogP contribution in [0.25, 0.3) is 0 Å². The lowest BCUT2D eigenvalue weighted by atomic mass is 9.79. The molecule has 1 atom stereocenters. The van der Waals surface area contributed by atoms with Crippen LogP contribution in [0.2, 0.25) is 0 Å². The fourth-order valence-corrected chi connectivity index (χ4v) is 3.64. The maximum Gasteiger partial charge on any atom is 0.237 e. The van der Waals surface area contributed by atoms with Crippen molar-refractivity contribution in [3.63, 3.8) is 0 Å². The lowest BCUT2D eigenvalue weighted by Gasteiger charge is -2.20. The minimum Gasteiger partial charge on any atom is -0.310 e. The number of Topliss-reactive ketones (excluding diaryl/α,β-unsaturated/α-hetero) is 1. The molecule has 0 radical (unpaired) electrons. The van der Waals surface area contributed by atoms with Crippen LogP contribution in [-0.4, -0.2) is 16.7 Å². The van der Waals surface area contributed by atoms with Crippen molar-refractivity contribution in [1.82, 2.24) is 4.98 Å². The molecule has 4 heteroatoms. The van der Waals surface area contributed by atoms with Crippen LogP contribution in [0.1, 0.15) is 40.4 Å². The summed E-state index contributed by atoms with van der Waals surface area (Å²) in [6.45, 7) is 1.86. The van der Waals surface area contributed by atoms with Gasteiger partial charge in [0.05, 0.1) is 5.41 Å². The number of amides is 1. The first kappa shape index (κ1) is 13.2. The number of hydrogen-bond donors (Lipinski definition) is 1. The molecule has 1 amide bonds. The lowest BCUT2D eigenvalue weighted by molar-refractivity contribution is -0.120. The third-order valence-electron chi connectivity index (χ3n) is 4.82. The van der Waals surface area contributed by atoms with Gasteiger partial charge in [-0.05, 0) is 36.1 Å². The molecule has 0 saturated heterocycles. The number of ketones is 1. The molecule has 1 spiro atoms. The summed E-state index contributed by atoms with van der Waals surface area (Å²) in [6.07, 6.45) is 3.50. The molecule has 1 N–H and O–H groups in total. The Labute approximate surface area is 128 Å². The molecule has 2 aliphatic rings. The SMILES string of the molecule is CCC(=O)c1ccc2c(c1)CC1(C2)C(=O)Nc2ncccc21. The summed E-state index contributed by atoms with van der Waals surface area (Å²) in [5.74, 6) is 0.827. The Balaban J connectivity index is 1.79. The van der Waals surface area contributed by atoms with Crippen LogP contribution in [0.4, 0.5) is 5.82 Å². The number of fused-ring (bicyclic) bond motifs is 3. The molecule has 4 nitrogen and oxygen atoms in total. The summed E-state index contributed by atoms with van der Waals surface area (Å²) in [7, 11) is 0. The molecule has 0 bridgehead atoms. The summed E-state index contributed by atoms with van der Waals surface area (Å²) in [6, 6.07) is 9.67. The van der Waals surface area contributed by atoms with Gasteiger partial charge in [-0.3, -0.25) is 9.59 Å². The predicted molar refractivity (Wildman–Crippen MR) is 83.0 cm³/mol. The largest absolute Gasteiger partial charge is 0.310 e. The van der Waals surface area contributed by atoms with Crippen molar-refractivity contribution in [3.8, 4) is 0 Å². The Bertz CT molecular complexity index is 812. The highest BCUT2D eigenvalue weighted by molar-refractivity contribution is 6.06. The van der Waals surface area contributed by atoms with E-state index in [0.717, 1.165) is 22.3 Å². The first-order valence-corrected chi connectivity index (χ1v) is 7.56. The Kier molecular flexibility index (Phi) is 2.70. The zero-order valence-electron chi connectivity index (χ0n) is 12.3. The van der Waals surface area contributed by atoms with E-state index in [1.807, 2.05) is 37.3 Å². The van der Waals surface area contributed by atoms with Crippen LogP contribution in [-0.2, 0) is 23.1 Å². The molecule has 1 aliphatic carbocycles. The van der Waals surface area contributed by atoms with Gasteiger partial charge in [0, 0.05) is 23.7 Å². The summed E-state index contributed by atoms with van der Waals surface area (Å²) in [4.78, 5) is 28.7. The summed E-state index contributed by atoms with van der Waals surface area (Å²) in [5, 5.41) is 2.90. The summed E-state index contributed by atoms with van der Waals surface area (Å²) >= 11 is 0. The molecule has 1 aromatic carbocycles. The maximum absolute atomic E-state index is 12.6. The van der Waals surface area contributed by atoms with Gasteiger partial charge in [0.2, 0.25) is 5.91 Å². The van der Waals surface area contributed by atoms with Crippen LogP contribution < -0.4 is 5.32 Å². The number of hydrogen-bond acceptors (Lipinski definition) is 3. The normalized spacial score (nSPS) is 21.6. The second-order valence-corrected chi connectivity index (χ2v) is 6.05. The second kappa shape index (κ2) is 4.50. The number of anilines is 1. The Morgan fingerprint density at radius 2 is 2.09 bits per heavy atom. The fraction of sp³-hybridized carbons (Fsp3) is 0.278. The van der Waals surface area contributed by atoms with E-state index >= 15 is 0 Å². The molecule has 22 heavy (non-hydrogen) atoms. The number of aromatic nitrogens is 1. The molecule has 0 saturated carbocycles. The molecule has 2 heterocycles. The molecule has 2 aromatic rings. The lowest BCUT2D eigenvalue weighted by Crippen LogP contribution is -2.35. The van der Waals surface area contributed by atoms with Crippen LogP contribution in [0.3, 0.4) is 0 Å². The number of rotatable bonds is 2. The van der Waals surface area contributed by atoms with E-state index < -0.39 is 5.41 Å². The van der Waals surface area contributed by atoms with E-state index in [2.05, 4.69) is 10.3 Å². The average molecular weight is 292 g/mol. The molecule has 4 rings (SSSR count). The van der Waals surface area contributed by atoms with Crippen molar-refractivity contribution in [1.29, 1.82) is 0 Å². The number of carbonyl (C=O) groups is 2. The van der Waals surface area contributed by atoms with Gasteiger partial charge in [-0.2, -0.15) is 0 Å². The van der Waals surface area contributed by atoms with Gasteiger partial charge in [-0.25, -0.2) is 4.98 Å². The van der Waals surface area contributed by atoms with E-state index in [9.17, 15) is 9.59 Å². The topological polar surface area (TPSA) is 59.1 Å². The van der Waals surface area contributed by atoms with Crippen LogP contribution in [0.5, 0.6) is 0 Å². The third kappa shape index (κ3) is 1.67. The molecule has 1 aromatic heterocycles. The van der Waals surface area contributed by atoms with Crippen molar-refractivity contribution < 1.29 is 9.59 Å². The number of carbonyl (C=O) groups excluding carboxylic acids is 2. The molecule has 110 valence electrons. The van der Waals surface area contributed by atoms with E-state index in [0.29, 0.717) is 25.1 Å². The first-order valence-electron chi connectivity index (χ1n) is 7.56. The number of nitrogens with zero attached hydrogens (tertiary/aromatic N) is 1. The second-order valence-electron chi connectivity index (χ2n) is 6.05. The molecular formula is C18H16N2O2. The van der Waals surface area contributed by atoms with Gasteiger partial charge >= 0.3 is 0 Å². The first-order chi connectivity index (χ1) is 10.6. The fourth-order valence-electron chi connectivity index (χ4n) is 3.64. The van der Waals surface area contributed by atoms with Gasteiger partial charge in [0.25, 0.3) is 0 Å². The van der Waals surface area contributed by atoms with Gasteiger partial charge in [-0.1, -0.05) is 25.1 Å². The monoisotopic (exact) mass is 292 g/mol. The van der Waals surface area contributed by atoms with Gasteiger partial charge < -0.3 is 5.32 Å². The number of nitrogens with one attached hydrogen (secondary N) is 1. The Morgan fingerprint density at radius 1 is 1.27 bits per heavy atom. The summed E-state index contributed by atoms with van der Waals surface area (Å²) in [5.41, 5.74) is 3.41. The predicted octanol–water partition coefficient (Wildman–Crippen LogP) is 2.66. The smallest absolute Gasteiger partial charge is 0.237 e. The molecular weight excluding hydrogens is 276 g/mol. The highest BCUT2D eigenvalue weighted by Gasteiger charge is 2.51. The quantitative estimate of drug-likeness (QED) is 0.866. The highest BCUT2D eigenvalue weighted by atomic mass is 16.2. The van der Waals surface area contributed by atoms with Gasteiger partial charge in [-0.15, -0.1) is 0 Å². The van der Waals surface area contributed by atoms with Crippen molar-refractivity contribution in [2.45, 2.75) is 31.6 Å². The van der Waals surface area contributed by atoms with Gasteiger partial charge in [0.1, 0.15) is 5.82 Å². The standard InChI is InChI=1S/C18H16N2O2/c1-2-15(21)11-5-6-12-9-18(10-13(12)8-11)14-4-3-7-19-16(14)20-17(18)22/h3-8H,2,9-10H2,1H3,(H,19,20,22). The Morgan fingerprint density at radius 3 is 2.91 bits per heavy atom. The van der Waals surface area contributed by atoms with Crippen LogP contribution in [0.15, 0.2) is 36.5 Å². The summed E-state index contributed by atoms with van der Waals surface area (Å²) < 4.78 is 0. The Hall–Kier alpha value is -2.49. The number of pyridine rings is 1. The van der Waals surface area contributed by atoms with Crippen molar-refractivity contribution in [2.75, 3.05) is 5.32 Å². The van der Waals surface area contributed by atoms with Crippen molar-refractivity contribution in [3.05, 3.63) is 58.8 Å².